The second kappa shape index (κ2) is 4.75. The Balaban J connectivity index is 2.11. The van der Waals surface area contributed by atoms with Gasteiger partial charge in [-0.3, -0.25) is 0 Å². The molecule has 0 heterocycles. The lowest BCUT2D eigenvalue weighted by molar-refractivity contribution is 0.415. The van der Waals surface area contributed by atoms with Crippen molar-refractivity contribution in [3.05, 3.63) is 22.7 Å². The van der Waals surface area contributed by atoms with Crippen molar-refractivity contribution in [1.82, 2.24) is 0 Å². The quantitative estimate of drug-likeness (QED) is 0.850. The average Bonchev–Trinajstić information content (AvgIpc) is 3.11. The number of hydrogen-bond acceptors (Lipinski definition) is 3. The Labute approximate surface area is 107 Å². The van der Waals surface area contributed by atoms with Crippen molar-refractivity contribution in [2.45, 2.75) is 19.8 Å². The Morgan fingerprint density at radius 1 is 1.47 bits per heavy atom. The molecule has 0 radical (unpaired) electrons. The first-order valence-electron chi connectivity index (χ1n) is 5.88. The Kier molecular flexibility index (Phi) is 3.50. The molecule has 94 valence electrons. The second-order valence-corrected chi connectivity index (χ2v) is 5.27. The summed E-state index contributed by atoms with van der Waals surface area (Å²) < 4.78 is 5.35. The van der Waals surface area contributed by atoms with E-state index in [1.807, 2.05) is 19.1 Å². The van der Waals surface area contributed by atoms with E-state index in [9.17, 15) is 0 Å². The first kappa shape index (κ1) is 12.5. The molecule has 1 aliphatic rings. The van der Waals surface area contributed by atoms with Crippen LogP contribution in [0.5, 0.6) is 5.75 Å². The summed E-state index contributed by atoms with van der Waals surface area (Å²) in [6.45, 7) is 3.60. The van der Waals surface area contributed by atoms with Crippen LogP contribution < -0.4 is 15.8 Å². The first-order chi connectivity index (χ1) is 8.10. The van der Waals surface area contributed by atoms with Crippen LogP contribution >= 0.6 is 11.6 Å². The van der Waals surface area contributed by atoms with Crippen molar-refractivity contribution in [2.75, 3.05) is 25.5 Å². The van der Waals surface area contributed by atoms with Gasteiger partial charge in [-0.25, -0.2) is 0 Å². The van der Waals surface area contributed by atoms with Gasteiger partial charge in [0.1, 0.15) is 5.75 Å². The number of anilines is 1. The van der Waals surface area contributed by atoms with Gasteiger partial charge in [0.2, 0.25) is 0 Å². The SMILES string of the molecule is COc1cc(C)c(Cl)cc1NCC1(CN)CC1. The summed E-state index contributed by atoms with van der Waals surface area (Å²) in [6.07, 6.45) is 2.41. The zero-order chi connectivity index (χ0) is 12.5. The van der Waals surface area contributed by atoms with Crippen LogP contribution in [0.4, 0.5) is 5.69 Å². The molecule has 0 atom stereocenters. The van der Waals surface area contributed by atoms with Crippen LogP contribution in [0.25, 0.3) is 0 Å². The highest BCUT2D eigenvalue weighted by atomic mass is 35.5. The largest absolute Gasteiger partial charge is 0.495 e. The van der Waals surface area contributed by atoms with Crippen molar-refractivity contribution in [2.24, 2.45) is 11.1 Å². The molecule has 2 rings (SSSR count). The topological polar surface area (TPSA) is 47.3 Å². The molecule has 3 N–H and O–H groups in total. The molecular weight excluding hydrogens is 236 g/mol. The van der Waals surface area contributed by atoms with Gasteiger partial charge in [0.05, 0.1) is 12.8 Å². The number of halogens is 1. The Morgan fingerprint density at radius 3 is 2.71 bits per heavy atom. The number of ether oxygens (including phenoxy) is 1. The van der Waals surface area contributed by atoms with E-state index in [1.54, 1.807) is 7.11 Å². The van der Waals surface area contributed by atoms with Crippen LogP contribution in [0.15, 0.2) is 12.1 Å². The standard InChI is InChI=1S/C13H19ClN2O/c1-9-5-12(17-2)11(6-10(9)14)16-8-13(7-15)3-4-13/h5-6,16H,3-4,7-8,15H2,1-2H3. The van der Waals surface area contributed by atoms with E-state index in [4.69, 9.17) is 22.1 Å². The molecule has 1 aliphatic carbocycles. The summed E-state index contributed by atoms with van der Waals surface area (Å²) in [5.74, 6) is 0.833. The summed E-state index contributed by atoms with van der Waals surface area (Å²) in [5, 5.41) is 4.15. The smallest absolute Gasteiger partial charge is 0.142 e. The van der Waals surface area contributed by atoms with Crippen LogP contribution in [0.1, 0.15) is 18.4 Å². The zero-order valence-corrected chi connectivity index (χ0v) is 11.1. The molecule has 0 amide bonds. The summed E-state index contributed by atoms with van der Waals surface area (Å²) >= 11 is 6.12. The van der Waals surface area contributed by atoms with E-state index < -0.39 is 0 Å². The Morgan fingerprint density at radius 2 is 2.18 bits per heavy atom. The number of benzene rings is 1. The fraction of sp³-hybridized carbons (Fsp3) is 0.538. The number of hydrogen-bond donors (Lipinski definition) is 2. The molecule has 1 aromatic rings. The molecule has 0 bridgehead atoms. The molecule has 3 nitrogen and oxygen atoms in total. The van der Waals surface area contributed by atoms with Crippen LogP contribution in [0.2, 0.25) is 5.02 Å². The number of methoxy groups -OCH3 is 1. The lowest BCUT2D eigenvalue weighted by Crippen LogP contribution is -2.24. The predicted molar refractivity (Wildman–Crippen MR) is 72.0 cm³/mol. The molecule has 0 spiro atoms. The van der Waals surface area contributed by atoms with E-state index in [0.717, 1.165) is 35.1 Å². The molecular formula is C13H19ClN2O. The van der Waals surface area contributed by atoms with Gasteiger partial charge in [-0.15, -0.1) is 0 Å². The van der Waals surface area contributed by atoms with Crippen molar-refractivity contribution >= 4 is 17.3 Å². The predicted octanol–water partition coefficient (Wildman–Crippen LogP) is 2.81. The van der Waals surface area contributed by atoms with Gasteiger partial charge in [0.25, 0.3) is 0 Å². The molecule has 0 saturated heterocycles. The highest BCUT2D eigenvalue weighted by Crippen LogP contribution is 2.45. The van der Waals surface area contributed by atoms with Crippen molar-refractivity contribution < 1.29 is 4.74 Å². The lowest BCUT2D eigenvalue weighted by atomic mass is 10.1. The van der Waals surface area contributed by atoms with Gasteiger partial charge >= 0.3 is 0 Å². The number of nitrogens with two attached hydrogens (primary N) is 1. The van der Waals surface area contributed by atoms with Crippen LogP contribution in [0, 0.1) is 12.3 Å². The van der Waals surface area contributed by atoms with Crippen molar-refractivity contribution in [3.8, 4) is 5.75 Å². The monoisotopic (exact) mass is 254 g/mol. The second-order valence-electron chi connectivity index (χ2n) is 4.86. The lowest BCUT2D eigenvalue weighted by Gasteiger charge is -2.17. The van der Waals surface area contributed by atoms with Gasteiger partial charge in [-0.05, 0) is 49.4 Å². The Hall–Kier alpha value is -0.930. The van der Waals surface area contributed by atoms with Gasteiger partial charge in [-0.2, -0.15) is 0 Å². The zero-order valence-electron chi connectivity index (χ0n) is 10.3. The maximum absolute atomic E-state index is 6.12. The molecule has 1 saturated carbocycles. The molecule has 1 fully saturated rings. The molecule has 4 heteroatoms. The van der Waals surface area contributed by atoms with Crippen molar-refractivity contribution in [1.29, 1.82) is 0 Å². The third-order valence-electron chi connectivity index (χ3n) is 3.52. The van der Waals surface area contributed by atoms with Crippen LogP contribution in [-0.4, -0.2) is 20.2 Å². The summed E-state index contributed by atoms with van der Waals surface area (Å²) in [4.78, 5) is 0. The van der Waals surface area contributed by atoms with E-state index in [0.29, 0.717) is 5.41 Å². The Bertz CT molecular complexity index is 416. The van der Waals surface area contributed by atoms with Crippen molar-refractivity contribution in [3.63, 3.8) is 0 Å². The van der Waals surface area contributed by atoms with Gasteiger partial charge in [-0.1, -0.05) is 11.6 Å². The molecule has 0 aliphatic heterocycles. The highest BCUT2D eigenvalue weighted by molar-refractivity contribution is 6.31. The molecule has 1 aromatic carbocycles. The number of aryl methyl sites for hydroxylation is 1. The van der Waals surface area contributed by atoms with Crippen LogP contribution in [0.3, 0.4) is 0 Å². The molecule has 0 unspecified atom stereocenters. The minimum Gasteiger partial charge on any atom is -0.495 e. The fourth-order valence-electron chi connectivity index (χ4n) is 1.87. The highest BCUT2D eigenvalue weighted by Gasteiger charge is 2.40. The van der Waals surface area contributed by atoms with E-state index in [-0.39, 0.29) is 0 Å². The number of nitrogens with one attached hydrogen (secondary N) is 1. The first-order valence-corrected chi connectivity index (χ1v) is 6.26. The molecule has 17 heavy (non-hydrogen) atoms. The minimum atomic E-state index is 0.294. The molecule has 0 aromatic heterocycles. The van der Waals surface area contributed by atoms with Crippen LogP contribution in [-0.2, 0) is 0 Å². The fourth-order valence-corrected chi connectivity index (χ4v) is 2.04. The summed E-state index contributed by atoms with van der Waals surface area (Å²) in [5.41, 5.74) is 8.02. The van der Waals surface area contributed by atoms with Gasteiger partial charge in [0, 0.05) is 11.6 Å². The van der Waals surface area contributed by atoms with E-state index >= 15 is 0 Å². The van der Waals surface area contributed by atoms with Gasteiger partial charge < -0.3 is 15.8 Å². The summed E-state index contributed by atoms with van der Waals surface area (Å²) in [6, 6.07) is 3.87. The average molecular weight is 255 g/mol. The minimum absolute atomic E-state index is 0.294. The normalized spacial score (nSPS) is 16.7. The van der Waals surface area contributed by atoms with E-state index in [2.05, 4.69) is 5.32 Å². The maximum Gasteiger partial charge on any atom is 0.142 e. The van der Waals surface area contributed by atoms with Gasteiger partial charge in [0.15, 0.2) is 0 Å². The number of rotatable bonds is 5. The third-order valence-corrected chi connectivity index (χ3v) is 3.93. The third kappa shape index (κ3) is 2.67. The maximum atomic E-state index is 6.12. The van der Waals surface area contributed by atoms with E-state index in [1.165, 1.54) is 12.8 Å². The summed E-state index contributed by atoms with van der Waals surface area (Å²) in [7, 11) is 1.67.